The number of nitrogens with zero attached hydrogens (tertiary/aromatic N) is 4. The second kappa shape index (κ2) is 10.0. The molecular weight excluding hydrogens is 412 g/mol. The molecule has 0 atom stereocenters. The molecule has 0 amide bonds. The Hall–Kier alpha value is -3.05. The fourth-order valence-corrected chi connectivity index (χ4v) is 4.35. The van der Waals surface area contributed by atoms with Crippen molar-refractivity contribution in [2.75, 3.05) is 0 Å². The highest BCUT2D eigenvalue weighted by atomic mass is 32.1. The Morgan fingerprint density at radius 1 is 0.906 bits per heavy atom. The van der Waals surface area contributed by atoms with E-state index in [4.69, 9.17) is 15.2 Å². The Labute approximate surface area is 194 Å². The zero-order valence-corrected chi connectivity index (χ0v) is 20.0. The maximum atomic E-state index is 4.82. The summed E-state index contributed by atoms with van der Waals surface area (Å²) in [5.74, 6) is 0.501. The van der Waals surface area contributed by atoms with Gasteiger partial charge in [0.15, 0.2) is 0 Å². The smallest absolute Gasteiger partial charge is 0.121 e. The molecule has 0 saturated carbocycles. The molecule has 0 aliphatic rings. The number of allylic oxidation sites excluding steroid dienone is 1. The van der Waals surface area contributed by atoms with E-state index >= 15 is 0 Å². The summed E-state index contributed by atoms with van der Waals surface area (Å²) in [5, 5.41) is 13.0. The second-order valence-electron chi connectivity index (χ2n) is 8.58. The SMILES string of the molecule is CC(C)c1nc(CC/C=C/c2cccc(-c3nn(C(C)C)nc3-c3ccccc3)c2)cs1. The quantitative estimate of drug-likeness (QED) is 0.285. The van der Waals surface area contributed by atoms with Crippen LogP contribution in [0, 0.1) is 0 Å². The van der Waals surface area contributed by atoms with Crippen LogP contribution in [0.25, 0.3) is 28.6 Å². The van der Waals surface area contributed by atoms with E-state index < -0.39 is 0 Å². The second-order valence-corrected chi connectivity index (χ2v) is 9.47. The summed E-state index contributed by atoms with van der Waals surface area (Å²) in [6.45, 7) is 8.59. The van der Waals surface area contributed by atoms with Crippen LogP contribution in [0.1, 0.15) is 62.3 Å². The van der Waals surface area contributed by atoms with Crippen molar-refractivity contribution in [2.45, 2.75) is 52.5 Å². The first kappa shape index (κ1) is 22.2. The zero-order chi connectivity index (χ0) is 22.5. The van der Waals surface area contributed by atoms with Crippen LogP contribution >= 0.6 is 11.3 Å². The van der Waals surface area contributed by atoms with Crippen molar-refractivity contribution >= 4 is 17.4 Å². The van der Waals surface area contributed by atoms with E-state index in [-0.39, 0.29) is 6.04 Å². The van der Waals surface area contributed by atoms with Gasteiger partial charge < -0.3 is 0 Å². The molecule has 2 heterocycles. The predicted octanol–water partition coefficient (Wildman–Crippen LogP) is 7.42. The van der Waals surface area contributed by atoms with Gasteiger partial charge in [-0.3, -0.25) is 0 Å². The fourth-order valence-electron chi connectivity index (χ4n) is 3.48. The highest BCUT2D eigenvalue weighted by Crippen LogP contribution is 2.30. The first-order chi connectivity index (χ1) is 15.5. The van der Waals surface area contributed by atoms with Gasteiger partial charge in [-0.25, -0.2) is 4.98 Å². The minimum absolute atomic E-state index is 0.205. The third-order valence-corrected chi connectivity index (χ3v) is 6.43. The zero-order valence-electron chi connectivity index (χ0n) is 19.2. The molecule has 4 nitrogen and oxygen atoms in total. The first-order valence-corrected chi connectivity index (χ1v) is 12.1. The van der Waals surface area contributed by atoms with Gasteiger partial charge in [-0.1, -0.05) is 74.5 Å². The molecule has 0 aliphatic carbocycles. The van der Waals surface area contributed by atoms with Crippen LogP contribution in [0.2, 0.25) is 0 Å². The Kier molecular flexibility index (Phi) is 6.96. The summed E-state index contributed by atoms with van der Waals surface area (Å²) in [6.07, 6.45) is 6.37. The maximum Gasteiger partial charge on any atom is 0.121 e. The summed E-state index contributed by atoms with van der Waals surface area (Å²) in [7, 11) is 0. The van der Waals surface area contributed by atoms with Crippen LogP contribution < -0.4 is 0 Å². The summed E-state index contributed by atoms with van der Waals surface area (Å²) >= 11 is 1.76. The molecule has 4 aromatic rings. The topological polar surface area (TPSA) is 43.6 Å². The van der Waals surface area contributed by atoms with Crippen molar-refractivity contribution in [3.63, 3.8) is 0 Å². The van der Waals surface area contributed by atoms with E-state index in [1.807, 2.05) is 18.2 Å². The number of aryl methyl sites for hydroxylation is 1. The summed E-state index contributed by atoms with van der Waals surface area (Å²) in [5.41, 5.74) is 6.36. The van der Waals surface area contributed by atoms with Gasteiger partial charge >= 0.3 is 0 Å². The molecule has 2 aromatic carbocycles. The molecule has 5 heteroatoms. The summed E-state index contributed by atoms with van der Waals surface area (Å²) < 4.78 is 0. The van der Waals surface area contributed by atoms with Crippen molar-refractivity contribution < 1.29 is 0 Å². The number of thiazole rings is 1. The lowest BCUT2D eigenvalue weighted by molar-refractivity contribution is 0.468. The van der Waals surface area contributed by atoms with Crippen LogP contribution in [0.5, 0.6) is 0 Å². The highest BCUT2D eigenvalue weighted by molar-refractivity contribution is 7.09. The average molecular weight is 443 g/mol. The van der Waals surface area contributed by atoms with Gasteiger partial charge in [0.2, 0.25) is 0 Å². The minimum Gasteiger partial charge on any atom is -0.246 e. The Balaban J connectivity index is 1.53. The number of benzene rings is 2. The number of rotatable bonds is 8. The molecule has 0 aliphatic heterocycles. The van der Waals surface area contributed by atoms with Crippen molar-refractivity contribution in [1.29, 1.82) is 0 Å². The Bertz CT molecular complexity index is 1190. The van der Waals surface area contributed by atoms with E-state index in [9.17, 15) is 0 Å². The van der Waals surface area contributed by atoms with Crippen molar-refractivity contribution in [3.8, 4) is 22.5 Å². The molecule has 0 bridgehead atoms. The van der Waals surface area contributed by atoms with Gasteiger partial charge in [0.1, 0.15) is 11.4 Å². The van der Waals surface area contributed by atoms with Gasteiger partial charge in [0.25, 0.3) is 0 Å². The van der Waals surface area contributed by atoms with Gasteiger partial charge in [-0.2, -0.15) is 15.0 Å². The lowest BCUT2D eigenvalue weighted by atomic mass is 10.0. The largest absolute Gasteiger partial charge is 0.246 e. The van der Waals surface area contributed by atoms with Gasteiger partial charge in [0, 0.05) is 22.4 Å². The van der Waals surface area contributed by atoms with Crippen LogP contribution in [0.3, 0.4) is 0 Å². The average Bonchev–Trinajstić information content (AvgIpc) is 3.45. The third-order valence-electron chi connectivity index (χ3n) is 5.24. The van der Waals surface area contributed by atoms with Crippen molar-refractivity contribution in [3.05, 3.63) is 82.3 Å². The molecule has 0 spiro atoms. The molecule has 164 valence electrons. The van der Waals surface area contributed by atoms with E-state index in [0.29, 0.717) is 5.92 Å². The molecule has 2 aromatic heterocycles. The molecule has 4 rings (SSSR count). The molecular formula is C27H30N4S. The molecule has 32 heavy (non-hydrogen) atoms. The number of hydrogen-bond donors (Lipinski definition) is 0. The number of aromatic nitrogens is 4. The predicted molar refractivity (Wildman–Crippen MR) is 135 cm³/mol. The number of hydrogen-bond acceptors (Lipinski definition) is 4. The van der Waals surface area contributed by atoms with E-state index in [1.165, 1.54) is 16.3 Å². The van der Waals surface area contributed by atoms with Gasteiger partial charge in [0.05, 0.1) is 16.7 Å². The van der Waals surface area contributed by atoms with Crippen molar-refractivity contribution in [2.24, 2.45) is 0 Å². The fraction of sp³-hybridized carbons (Fsp3) is 0.296. The van der Waals surface area contributed by atoms with Crippen LogP contribution in [0.15, 0.2) is 66.1 Å². The maximum absolute atomic E-state index is 4.82. The molecule has 0 unspecified atom stereocenters. The monoisotopic (exact) mass is 442 g/mol. The lowest BCUT2D eigenvalue weighted by Gasteiger charge is -2.03. The van der Waals surface area contributed by atoms with E-state index in [1.54, 1.807) is 16.1 Å². The molecule has 0 N–H and O–H groups in total. The standard InChI is InChI=1S/C27H30N4S/c1-19(2)27-28-24(18-32-27)16-9-8-11-21-12-10-15-23(17-21)26-25(22-13-6-5-7-14-22)29-31(30-26)20(3)4/h5-8,10-15,17-20H,9,16H2,1-4H3/b11-8+. The Morgan fingerprint density at radius 2 is 1.62 bits per heavy atom. The normalized spacial score (nSPS) is 11.8. The minimum atomic E-state index is 0.205. The Morgan fingerprint density at radius 3 is 2.31 bits per heavy atom. The third kappa shape index (κ3) is 5.22. The lowest BCUT2D eigenvalue weighted by Crippen LogP contribution is -2.04. The van der Waals surface area contributed by atoms with E-state index in [2.05, 4.69) is 81.6 Å². The molecule has 0 fully saturated rings. The van der Waals surface area contributed by atoms with Gasteiger partial charge in [-0.15, -0.1) is 11.3 Å². The first-order valence-electron chi connectivity index (χ1n) is 11.2. The summed E-state index contributed by atoms with van der Waals surface area (Å²) in [6, 6.07) is 19.0. The van der Waals surface area contributed by atoms with Crippen LogP contribution in [-0.2, 0) is 6.42 Å². The van der Waals surface area contributed by atoms with Crippen LogP contribution in [0.4, 0.5) is 0 Å². The van der Waals surface area contributed by atoms with Crippen LogP contribution in [-0.4, -0.2) is 20.0 Å². The van der Waals surface area contributed by atoms with E-state index in [0.717, 1.165) is 35.4 Å². The molecule has 0 radical (unpaired) electrons. The highest BCUT2D eigenvalue weighted by Gasteiger charge is 2.16. The summed E-state index contributed by atoms with van der Waals surface area (Å²) in [4.78, 5) is 6.54. The van der Waals surface area contributed by atoms with Crippen molar-refractivity contribution in [1.82, 2.24) is 20.0 Å². The van der Waals surface area contributed by atoms with Gasteiger partial charge in [-0.05, 0) is 38.3 Å². The molecule has 0 saturated heterocycles.